The van der Waals surface area contributed by atoms with Gasteiger partial charge in [0.05, 0.1) is 5.41 Å². The molecule has 0 spiro atoms. The average molecular weight is 303 g/mol. The molecule has 2 N–H and O–H groups in total. The Morgan fingerprint density at radius 3 is 2.00 bits per heavy atom. The van der Waals surface area contributed by atoms with Crippen LogP contribution < -0.4 is 5.73 Å². The van der Waals surface area contributed by atoms with Crippen LogP contribution in [0, 0.1) is 17.3 Å². The monoisotopic (exact) mass is 302 g/mol. The highest BCUT2D eigenvalue weighted by Crippen LogP contribution is 2.37. The van der Waals surface area contributed by atoms with Gasteiger partial charge in [-0.25, -0.2) is 0 Å². The van der Waals surface area contributed by atoms with Crippen molar-refractivity contribution in [2.24, 2.45) is 23.0 Å². The summed E-state index contributed by atoms with van der Waals surface area (Å²) in [5, 5.41) is 0. The molecular weight excluding hydrogens is 276 g/mol. The van der Waals surface area contributed by atoms with E-state index in [4.69, 9.17) is 10.5 Å². The number of rotatable bonds is 6. The first kappa shape index (κ1) is 16.1. The SMILES string of the molecule is Cl.NCC1(C(=O)N(CC2CC2)CC2CC2)CCOCC1. The van der Waals surface area contributed by atoms with Crippen molar-refractivity contribution in [2.75, 3.05) is 32.8 Å². The Labute approximate surface area is 127 Å². The van der Waals surface area contributed by atoms with Crippen molar-refractivity contribution in [3.05, 3.63) is 0 Å². The lowest BCUT2D eigenvalue weighted by molar-refractivity contribution is -0.147. The first-order valence-corrected chi connectivity index (χ1v) is 7.81. The Morgan fingerprint density at radius 1 is 1.10 bits per heavy atom. The predicted octanol–water partition coefficient (Wildman–Crippen LogP) is 1.81. The number of ether oxygens (including phenoxy) is 1. The Kier molecular flexibility index (Phi) is 5.32. The van der Waals surface area contributed by atoms with E-state index >= 15 is 0 Å². The van der Waals surface area contributed by atoms with E-state index in [2.05, 4.69) is 4.90 Å². The molecule has 3 aliphatic rings. The van der Waals surface area contributed by atoms with Gasteiger partial charge in [-0.3, -0.25) is 4.79 Å². The van der Waals surface area contributed by atoms with Crippen LogP contribution in [0.1, 0.15) is 38.5 Å². The van der Waals surface area contributed by atoms with Gasteiger partial charge in [-0.1, -0.05) is 0 Å². The minimum Gasteiger partial charge on any atom is -0.381 e. The second kappa shape index (κ2) is 6.63. The molecule has 0 bridgehead atoms. The number of nitrogens with zero attached hydrogens (tertiary/aromatic N) is 1. The predicted molar refractivity (Wildman–Crippen MR) is 80.8 cm³/mol. The highest BCUT2D eigenvalue weighted by molar-refractivity contribution is 5.85. The van der Waals surface area contributed by atoms with Crippen molar-refractivity contribution in [3.8, 4) is 0 Å². The first-order chi connectivity index (χ1) is 9.23. The Balaban J connectivity index is 0.00000147. The van der Waals surface area contributed by atoms with Crippen molar-refractivity contribution in [1.29, 1.82) is 0 Å². The normalized spacial score (nSPS) is 24.9. The van der Waals surface area contributed by atoms with E-state index in [0.717, 1.165) is 37.8 Å². The highest BCUT2D eigenvalue weighted by Gasteiger charge is 2.43. The number of carbonyl (C=O) groups is 1. The van der Waals surface area contributed by atoms with Crippen LogP contribution in [-0.4, -0.2) is 43.7 Å². The maximum atomic E-state index is 13.0. The molecule has 2 aliphatic carbocycles. The number of carbonyl (C=O) groups excluding carboxylic acids is 1. The van der Waals surface area contributed by atoms with Crippen LogP contribution in [0.25, 0.3) is 0 Å². The van der Waals surface area contributed by atoms with Crippen LogP contribution in [-0.2, 0) is 9.53 Å². The quantitative estimate of drug-likeness (QED) is 0.814. The van der Waals surface area contributed by atoms with E-state index in [-0.39, 0.29) is 17.8 Å². The summed E-state index contributed by atoms with van der Waals surface area (Å²) in [4.78, 5) is 15.1. The third kappa shape index (κ3) is 3.66. The highest BCUT2D eigenvalue weighted by atomic mass is 35.5. The number of nitrogens with two attached hydrogens (primary N) is 1. The zero-order valence-electron chi connectivity index (χ0n) is 12.2. The fraction of sp³-hybridized carbons (Fsp3) is 0.933. The summed E-state index contributed by atoms with van der Waals surface area (Å²) in [6, 6.07) is 0. The molecule has 0 aromatic rings. The topological polar surface area (TPSA) is 55.6 Å². The largest absolute Gasteiger partial charge is 0.381 e. The van der Waals surface area contributed by atoms with E-state index in [0.29, 0.717) is 25.7 Å². The number of hydrogen-bond donors (Lipinski definition) is 1. The molecular formula is C15H27ClN2O2. The van der Waals surface area contributed by atoms with Gasteiger partial charge >= 0.3 is 0 Å². The summed E-state index contributed by atoms with van der Waals surface area (Å²) in [5.74, 6) is 1.84. The van der Waals surface area contributed by atoms with E-state index < -0.39 is 0 Å². The van der Waals surface area contributed by atoms with Crippen molar-refractivity contribution in [1.82, 2.24) is 4.90 Å². The van der Waals surface area contributed by atoms with Gasteiger partial charge in [-0.2, -0.15) is 0 Å². The molecule has 1 amide bonds. The number of halogens is 1. The zero-order valence-corrected chi connectivity index (χ0v) is 13.0. The fourth-order valence-electron chi connectivity index (χ4n) is 3.07. The molecule has 1 heterocycles. The molecule has 5 heteroatoms. The summed E-state index contributed by atoms with van der Waals surface area (Å²) >= 11 is 0. The molecule has 4 nitrogen and oxygen atoms in total. The maximum absolute atomic E-state index is 13.0. The molecule has 0 atom stereocenters. The molecule has 0 unspecified atom stereocenters. The molecule has 0 aromatic heterocycles. The van der Waals surface area contributed by atoms with Gasteiger partial charge in [-0.05, 0) is 50.4 Å². The van der Waals surface area contributed by atoms with Crippen LogP contribution in [0.3, 0.4) is 0 Å². The minimum absolute atomic E-state index is 0. The molecule has 1 aliphatic heterocycles. The van der Waals surface area contributed by atoms with Gasteiger partial charge in [0, 0.05) is 32.8 Å². The smallest absolute Gasteiger partial charge is 0.230 e. The van der Waals surface area contributed by atoms with Gasteiger partial charge in [0.25, 0.3) is 0 Å². The van der Waals surface area contributed by atoms with Gasteiger partial charge < -0.3 is 15.4 Å². The lowest BCUT2D eigenvalue weighted by Crippen LogP contribution is -2.51. The van der Waals surface area contributed by atoms with Crippen molar-refractivity contribution in [2.45, 2.75) is 38.5 Å². The molecule has 116 valence electrons. The second-order valence-electron chi connectivity index (χ2n) is 6.69. The van der Waals surface area contributed by atoms with Crippen LogP contribution in [0.15, 0.2) is 0 Å². The van der Waals surface area contributed by atoms with E-state index in [1.54, 1.807) is 0 Å². The van der Waals surface area contributed by atoms with E-state index in [9.17, 15) is 4.79 Å². The molecule has 20 heavy (non-hydrogen) atoms. The fourth-order valence-corrected chi connectivity index (χ4v) is 3.07. The van der Waals surface area contributed by atoms with Gasteiger partial charge in [0.15, 0.2) is 0 Å². The lowest BCUT2D eigenvalue weighted by Gasteiger charge is -2.39. The molecule has 0 radical (unpaired) electrons. The molecule has 3 fully saturated rings. The Bertz CT molecular complexity index is 323. The van der Waals surface area contributed by atoms with Crippen LogP contribution in [0.5, 0.6) is 0 Å². The van der Waals surface area contributed by atoms with Gasteiger partial charge in [0.2, 0.25) is 5.91 Å². The van der Waals surface area contributed by atoms with Crippen LogP contribution in [0.2, 0.25) is 0 Å². The summed E-state index contributed by atoms with van der Waals surface area (Å²) in [7, 11) is 0. The van der Waals surface area contributed by atoms with Crippen molar-refractivity contribution in [3.63, 3.8) is 0 Å². The molecule has 2 saturated carbocycles. The van der Waals surface area contributed by atoms with E-state index in [1.807, 2.05) is 0 Å². The van der Waals surface area contributed by atoms with Gasteiger partial charge in [-0.15, -0.1) is 12.4 Å². The summed E-state index contributed by atoms with van der Waals surface area (Å²) in [6.07, 6.45) is 6.79. The van der Waals surface area contributed by atoms with Crippen LogP contribution >= 0.6 is 12.4 Å². The van der Waals surface area contributed by atoms with Crippen molar-refractivity contribution >= 4 is 18.3 Å². The minimum atomic E-state index is -0.331. The standard InChI is InChI=1S/C15H26N2O2.ClH/c16-11-15(5-7-19-8-6-15)14(18)17(9-12-1-2-12)10-13-3-4-13;/h12-13H,1-11,16H2;1H. The number of hydrogen-bond acceptors (Lipinski definition) is 3. The Morgan fingerprint density at radius 2 is 1.60 bits per heavy atom. The molecule has 3 rings (SSSR count). The zero-order chi connectivity index (χ0) is 13.3. The first-order valence-electron chi connectivity index (χ1n) is 7.81. The maximum Gasteiger partial charge on any atom is 0.230 e. The summed E-state index contributed by atoms with van der Waals surface area (Å²) < 4.78 is 5.42. The number of amides is 1. The second-order valence-corrected chi connectivity index (χ2v) is 6.69. The third-order valence-corrected chi connectivity index (χ3v) is 4.93. The third-order valence-electron chi connectivity index (χ3n) is 4.93. The average Bonchev–Trinajstić information content (AvgIpc) is 3.33. The van der Waals surface area contributed by atoms with Crippen molar-refractivity contribution < 1.29 is 9.53 Å². The van der Waals surface area contributed by atoms with Gasteiger partial charge in [0.1, 0.15) is 0 Å². The lowest BCUT2D eigenvalue weighted by atomic mass is 9.78. The Hall–Kier alpha value is -0.320. The van der Waals surface area contributed by atoms with Crippen LogP contribution in [0.4, 0.5) is 0 Å². The molecule has 0 aromatic carbocycles. The molecule has 1 saturated heterocycles. The van der Waals surface area contributed by atoms with E-state index in [1.165, 1.54) is 25.7 Å². The summed E-state index contributed by atoms with van der Waals surface area (Å²) in [6.45, 7) is 3.78. The summed E-state index contributed by atoms with van der Waals surface area (Å²) in [5.41, 5.74) is 5.64.